The summed E-state index contributed by atoms with van der Waals surface area (Å²) in [5, 5.41) is 0. The molecule has 1 aromatic rings. The van der Waals surface area contributed by atoms with Crippen LogP contribution in [0.3, 0.4) is 0 Å². The van der Waals surface area contributed by atoms with Gasteiger partial charge in [0.05, 0.1) is 6.54 Å². The van der Waals surface area contributed by atoms with E-state index in [0.29, 0.717) is 5.56 Å². The van der Waals surface area contributed by atoms with Crippen molar-refractivity contribution in [3.63, 3.8) is 0 Å². The lowest BCUT2D eigenvalue weighted by Gasteiger charge is -2.15. The second-order valence-electron chi connectivity index (χ2n) is 2.92. The van der Waals surface area contributed by atoms with Crippen LogP contribution in [-0.2, 0) is 11.3 Å². The van der Waals surface area contributed by atoms with E-state index >= 15 is 0 Å². The summed E-state index contributed by atoms with van der Waals surface area (Å²) in [5.74, 6) is -0.455. The van der Waals surface area contributed by atoms with Gasteiger partial charge in [0.1, 0.15) is 5.82 Å². The van der Waals surface area contributed by atoms with E-state index in [0.717, 1.165) is 0 Å². The van der Waals surface area contributed by atoms with Crippen molar-refractivity contribution in [1.29, 1.82) is 0 Å². The Labute approximate surface area is 82.7 Å². The van der Waals surface area contributed by atoms with Gasteiger partial charge in [0, 0.05) is 12.5 Å². The topological polar surface area (TPSA) is 20.3 Å². The van der Waals surface area contributed by atoms with Gasteiger partial charge in [0.2, 0.25) is 5.91 Å². The Morgan fingerprint density at radius 1 is 1.57 bits per heavy atom. The first kappa shape index (κ1) is 10.4. The van der Waals surface area contributed by atoms with Crippen LogP contribution in [0.2, 0.25) is 0 Å². The zero-order valence-corrected chi connectivity index (χ0v) is 8.03. The second kappa shape index (κ2) is 4.56. The Bertz CT molecular complexity index is 349. The zero-order valence-electron chi connectivity index (χ0n) is 8.03. The molecule has 2 nitrogen and oxygen atoms in total. The van der Waals surface area contributed by atoms with Crippen LogP contribution in [0.15, 0.2) is 37.0 Å². The maximum Gasteiger partial charge on any atom is 0.223 e. The van der Waals surface area contributed by atoms with Crippen LogP contribution in [0.25, 0.3) is 0 Å². The number of carbonyl (C=O) groups is 1. The highest BCUT2D eigenvalue weighted by atomic mass is 19.1. The third-order valence-corrected chi connectivity index (χ3v) is 1.92. The minimum absolute atomic E-state index is 0.150. The molecule has 0 unspecified atom stereocenters. The van der Waals surface area contributed by atoms with Crippen LogP contribution in [0.4, 0.5) is 4.39 Å². The average Bonchev–Trinajstić information content (AvgIpc) is 2.16. The molecule has 0 aromatic heterocycles. The molecule has 1 amide bonds. The highest BCUT2D eigenvalue weighted by Crippen LogP contribution is 2.09. The van der Waals surface area contributed by atoms with Crippen LogP contribution in [0.5, 0.6) is 0 Å². The standard InChI is InChI=1S/C11H12FNO/c1-3-13(9(2)14)8-10-6-4-5-7-11(10)12/h3-7H,1,8H2,2H3. The fraction of sp³-hybridized carbons (Fsp3) is 0.182. The van der Waals surface area contributed by atoms with Gasteiger partial charge in [-0.1, -0.05) is 24.8 Å². The van der Waals surface area contributed by atoms with Crippen molar-refractivity contribution >= 4 is 5.91 Å². The molecule has 0 spiro atoms. The Hall–Kier alpha value is -1.64. The molecule has 0 aliphatic carbocycles. The number of hydrogen-bond acceptors (Lipinski definition) is 1. The third-order valence-electron chi connectivity index (χ3n) is 1.92. The van der Waals surface area contributed by atoms with Gasteiger partial charge in [-0.3, -0.25) is 4.79 Å². The third kappa shape index (κ3) is 2.42. The average molecular weight is 193 g/mol. The summed E-state index contributed by atoms with van der Waals surface area (Å²) < 4.78 is 13.2. The molecule has 0 saturated carbocycles. The number of amides is 1. The molecular weight excluding hydrogens is 181 g/mol. The fourth-order valence-corrected chi connectivity index (χ4v) is 1.11. The van der Waals surface area contributed by atoms with E-state index in [1.54, 1.807) is 18.2 Å². The van der Waals surface area contributed by atoms with E-state index < -0.39 is 0 Å². The summed E-state index contributed by atoms with van der Waals surface area (Å²) in [5.41, 5.74) is 0.489. The quantitative estimate of drug-likeness (QED) is 0.721. The van der Waals surface area contributed by atoms with Crippen LogP contribution in [0.1, 0.15) is 12.5 Å². The first-order valence-electron chi connectivity index (χ1n) is 4.28. The summed E-state index contributed by atoms with van der Waals surface area (Å²) in [6, 6.07) is 6.37. The van der Waals surface area contributed by atoms with Gasteiger partial charge >= 0.3 is 0 Å². The lowest BCUT2D eigenvalue weighted by Crippen LogP contribution is -2.22. The Morgan fingerprint density at radius 2 is 2.21 bits per heavy atom. The van der Waals surface area contributed by atoms with Gasteiger partial charge in [0.25, 0.3) is 0 Å². The number of benzene rings is 1. The maximum atomic E-state index is 13.2. The van der Waals surface area contributed by atoms with Crippen molar-refractivity contribution in [3.8, 4) is 0 Å². The van der Waals surface area contributed by atoms with Gasteiger partial charge in [-0.05, 0) is 12.3 Å². The largest absolute Gasteiger partial charge is 0.315 e. The predicted octanol–water partition coefficient (Wildman–Crippen LogP) is 2.32. The summed E-state index contributed by atoms with van der Waals surface area (Å²) in [6.07, 6.45) is 1.40. The normalized spacial score (nSPS) is 9.57. The second-order valence-corrected chi connectivity index (χ2v) is 2.92. The molecule has 0 saturated heterocycles. The molecule has 3 heteroatoms. The molecule has 0 heterocycles. The molecule has 74 valence electrons. The molecule has 14 heavy (non-hydrogen) atoms. The minimum Gasteiger partial charge on any atom is -0.315 e. The van der Waals surface area contributed by atoms with E-state index in [-0.39, 0.29) is 18.3 Å². The first-order valence-corrected chi connectivity index (χ1v) is 4.28. The van der Waals surface area contributed by atoms with Gasteiger partial charge in [-0.15, -0.1) is 0 Å². The van der Waals surface area contributed by atoms with E-state index in [1.807, 2.05) is 0 Å². The van der Waals surface area contributed by atoms with Crippen molar-refractivity contribution < 1.29 is 9.18 Å². The van der Waals surface area contributed by atoms with Crippen LogP contribution in [0, 0.1) is 5.82 Å². The fourth-order valence-electron chi connectivity index (χ4n) is 1.11. The molecule has 1 rings (SSSR count). The van der Waals surface area contributed by atoms with Gasteiger partial charge in [0.15, 0.2) is 0 Å². The Balaban J connectivity index is 2.82. The van der Waals surface area contributed by atoms with E-state index in [9.17, 15) is 9.18 Å². The van der Waals surface area contributed by atoms with E-state index in [4.69, 9.17) is 0 Å². The van der Waals surface area contributed by atoms with Crippen molar-refractivity contribution in [2.24, 2.45) is 0 Å². The van der Waals surface area contributed by atoms with E-state index in [2.05, 4.69) is 6.58 Å². The summed E-state index contributed by atoms with van der Waals surface area (Å²) in [4.78, 5) is 12.4. The van der Waals surface area contributed by atoms with Gasteiger partial charge in [-0.2, -0.15) is 0 Å². The van der Waals surface area contributed by atoms with Crippen LogP contribution >= 0.6 is 0 Å². The van der Waals surface area contributed by atoms with Crippen LogP contribution in [-0.4, -0.2) is 10.8 Å². The van der Waals surface area contributed by atoms with Crippen molar-refractivity contribution in [2.45, 2.75) is 13.5 Å². The molecule has 0 fully saturated rings. The highest BCUT2D eigenvalue weighted by molar-refractivity contribution is 5.74. The molecule has 0 atom stereocenters. The van der Waals surface area contributed by atoms with Crippen molar-refractivity contribution in [2.75, 3.05) is 0 Å². The monoisotopic (exact) mass is 193 g/mol. The smallest absolute Gasteiger partial charge is 0.223 e. The summed E-state index contributed by atoms with van der Waals surface area (Å²) >= 11 is 0. The number of rotatable bonds is 3. The van der Waals surface area contributed by atoms with Crippen molar-refractivity contribution in [3.05, 3.63) is 48.4 Å². The lowest BCUT2D eigenvalue weighted by molar-refractivity contribution is -0.126. The number of carbonyl (C=O) groups excluding carboxylic acids is 1. The lowest BCUT2D eigenvalue weighted by atomic mass is 10.2. The summed E-state index contributed by atoms with van der Waals surface area (Å²) in [6.45, 7) is 5.14. The molecule has 0 aliphatic rings. The number of halogens is 1. The summed E-state index contributed by atoms with van der Waals surface area (Å²) in [7, 11) is 0. The first-order chi connectivity index (χ1) is 6.65. The molecule has 0 bridgehead atoms. The molecule has 0 N–H and O–H groups in total. The van der Waals surface area contributed by atoms with E-state index in [1.165, 1.54) is 24.1 Å². The van der Waals surface area contributed by atoms with Gasteiger partial charge < -0.3 is 4.90 Å². The maximum absolute atomic E-state index is 13.2. The molecule has 1 aromatic carbocycles. The molecule has 0 radical (unpaired) electrons. The molecular formula is C11H12FNO. The van der Waals surface area contributed by atoms with Gasteiger partial charge in [-0.25, -0.2) is 4.39 Å². The predicted molar refractivity (Wildman–Crippen MR) is 52.8 cm³/mol. The van der Waals surface area contributed by atoms with Crippen molar-refractivity contribution in [1.82, 2.24) is 4.90 Å². The highest BCUT2D eigenvalue weighted by Gasteiger charge is 2.07. The van der Waals surface area contributed by atoms with Crippen LogP contribution < -0.4 is 0 Å². The Morgan fingerprint density at radius 3 is 2.71 bits per heavy atom. The minimum atomic E-state index is -0.305. The number of hydrogen-bond donors (Lipinski definition) is 0. The Kier molecular flexibility index (Phi) is 3.40. The number of nitrogens with zero attached hydrogens (tertiary/aromatic N) is 1. The zero-order chi connectivity index (χ0) is 10.6. The molecule has 0 aliphatic heterocycles. The SMILES string of the molecule is C=CN(Cc1ccccc1F)C(C)=O.